The van der Waals surface area contributed by atoms with E-state index in [9.17, 15) is 18.3 Å². The molecule has 1 fully saturated rings. The molecular formula is C19H25F3N2O2. The number of hydrogen-bond donors (Lipinski definition) is 1. The summed E-state index contributed by atoms with van der Waals surface area (Å²) in [7, 11) is 0. The zero-order chi connectivity index (χ0) is 19.4. The Morgan fingerprint density at radius 1 is 1.23 bits per heavy atom. The smallest absolute Gasteiger partial charge is 0.389 e. The van der Waals surface area contributed by atoms with Gasteiger partial charge in [-0.3, -0.25) is 4.90 Å². The molecule has 1 N–H and O–H groups in total. The highest BCUT2D eigenvalue weighted by Gasteiger charge is 2.31. The molecule has 0 spiro atoms. The number of anilines is 1. The number of terminal acetylenes is 1. The lowest BCUT2D eigenvalue weighted by molar-refractivity contribution is -0.137. The Morgan fingerprint density at radius 3 is 2.46 bits per heavy atom. The third-order valence-electron chi connectivity index (χ3n) is 4.36. The summed E-state index contributed by atoms with van der Waals surface area (Å²) >= 11 is 0. The summed E-state index contributed by atoms with van der Waals surface area (Å²) in [6.07, 6.45) is 0.338. The van der Waals surface area contributed by atoms with Crippen molar-refractivity contribution in [2.24, 2.45) is 0 Å². The van der Waals surface area contributed by atoms with Crippen molar-refractivity contribution in [1.29, 1.82) is 0 Å². The molecule has 1 atom stereocenters. The number of alkyl halides is 3. The number of hydrogen-bond acceptors (Lipinski definition) is 4. The lowest BCUT2D eigenvalue weighted by atomic mass is 10.1. The van der Waals surface area contributed by atoms with E-state index in [2.05, 4.69) is 10.8 Å². The van der Waals surface area contributed by atoms with Gasteiger partial charge >= 0.3 is 6.18 Å². The Hall–Kier alpha value is -1.75. The molecule has 1 aliphatic rings. The molecule has 7 heteroatoms. The number of β-amino-alcohol motifs (C(OH)–C–C–N with tert-alkyl or cyclic N) is 1. The van der Waals surface area contributed by atoms with Crippen molar-refractivity contribution < 1.29 is 23.0 Å². The number of ether oxygens (including phenoxy) is 1. The average molecular weight is 370 g/mol. The van der Waals surface area contributed by atoms with Crippen LogP contribution in [-0.2, 0) is 10.9 Å². The molecule has 1 aromatic carbocycles. The predicted octanol–water partition coefficient (Wildman–Crippen LogP) is 2.62. The first-order valence-electron chi connectivity index (χ1n) is 8.55. The molecule has 1 saturated heterocycles. The predicted molar refractivity (Wildman–Crippen MR) is 95.0 cm³/mol. The van der Waals surface area contributed by atoms with Crippen LogP contribution in [0.25, 0.3) is 0 Å². The normalized spacial score (nSPS) is 17.8. The summed E-state index contributed by atoms with van der Waals surface area (Å²) in [5.74, 6) is 2.51. The van der Waals surface area contributed by atoms with Crippen LogP contribution in [0.5, 0.6) is 0 Å². The second kappa shape index (κ2) is 8.30. The van der Waals surface area contributed by atoms with Gasteiger partial charge in [0, 0.05) is 38.4 Å². The van der Waals surface area contributed by atoms with Crippen LogP contribution in [0, 0.1) is 12.3 Å². The fourth-order valence-electron chi connectivity index (χ4n) is 2.76. The second-order valence-corrected chi connectivity index (χ2v) is 6.96. The van der Waals surface area contributed by atoms with E-state index in [1.165, 1.54) is 12.1 Å². The molecular weight excluding hydrogens is 345 g/mol. The van der Waals surface area contributed by atoms with Gasteiger partial charge in [-0.05, 0) is 32.0 Å². The number of nitrogens with zero attached hydrogens (tertiary/aromatic N) is 2. The summed E-state index contributed by atoms with van der Waals surface area (Å²) in [4.78, 5) is 4.00. The van der Waals surface area contributed by atoms with E-state index in [0.717, 1.165) is 6.07 Å². The fourth-order valence-corrected chi connectivity index (χ4v) is 2.76. The Labute approximate surface area is 152 Å². The van der Waals surface area contributed by atoms with Crippen LogP contribution in [0.1, 0.15) is 19.4 Å². The van der Waals surface area contributed by atoms with Crippen LogP contribution < -0.4 is 4.90 Å². The first kappa shape index (κ1) is 20.6. The number of piperazine rings is 1. The van der Waals surface area contributed by atoms with Crippen LogP contribution >= 0.6 is 0 Å². The van der Waals surface area contributed by atoms with E-state index in [4.69, 9.17) is 11.2 Å². The summed E-state index contributed by atoms with van der Waals surface area (Å²) in [6.45, 7) is 6.62. The van der Waals surface area contributed by atoms with Crippen molar-refractivity contribution in [3.8, 4) is 12.3 Å². The van der Waals surface area contributed by atoms with Crippen molar-refractivity contribution in [2.75, 3.05) is 44.2 Å². The number of aliphatic hydroxyl groups excluding tert-OH is 1. The van der Waals surface area contributed by atoms with Crippen LogP contribution in [0.3, 0.4) is 0 Å². The van der Waals surface area contributed by atoms with Gasteiger partial charge in [0.05, 0.1) is 18.3 Å². The maximum absolute atomic E-state index is 12.8. The Morgan fingerprint density at radius 2 is 1.88 bits per heavy atom. The third-order valence-corrected chi connectivity index (χ3v) is 4.36. The fraction of sp³-hybridized carbons (Fsp3) is 0.579. The molecule has 26 heavy (non-hydrogen) atoms. The summed E-state index contributed by atoms with van der Waals surface area (Å²) < 4.78 is 44.0. The lowest BCUT2D eigenvalue weighted by Gasteiger charge is -2.37. The first-order valence-corrected chi connectivity index (χ1v) is 8.55. The SMILES string of the molecule is C#CC(C)(C)OC[C@H](O)CN1CCN(c2cccc(C(F)(F)F)c2)CC1. The largest absolute Gasteiger partial charge is 0.416 e. The van der Waals surface area contributed by atoms with E-state index in [-0.39, 0.29) is 6.61 Å². The zero-order valence-electron chi connectivity index (χ0n) is 15.1. The number of rotatable bonds is 6. The summed E-state index contributed by atoms with van der Waals surface area (Å²) in [6, 6.07) is 5.38. The van der Waals surface area contributed by atoms with Gasteiger partial charge in [-0.1, -0.05) is 12.0 Å². The minimum atomic E-state index is -4.34. The Bertz CT molecular complexity index is 632. The number of benzene rings is 1. The molecule has 144 valence electrons. The number of aliphatic hydroxyl groups is 1. The average Bonchev–Trinajstić information content (AvgIpc) is 2.60. The van der Waals surface area contributed by atoms with Gasteiger partial charge in [-0.2, -0.15) is 13.2 Å². The van der Waals surface area contributed by atoms with Gasteiger partial charge in [-0.15, -0.1) is 6.42 Å². The molecule has 0 bridgehead atoms. The highest BCUT2D eigenvalue weighted by molar-refractivity contribution is 5.49. The monoisotopic (exact) mass is 370 g/mol. The number of halogens is 3. The van der Waals surface area contributed by atoms with Crippen molar-refractivity contribution in [2.45, 2.75) is 31.7 Å². The van der Waals surface area contributed by atoms with Crippen molar-refractivity contribution in [3.05, 3.63) is 29.8 Å². The van der Waals surface area contributed by atoms with Crippen LogP contribution in [0.4, 0.5) is 18.9 Å². The van der Waals surface area contributed by atoms with E-state index < -0.39 is 23.4 Å². The minimum absolute atomic E-state index is 0.144. The topological polar surface area (TPSA) is 35.9 Å². The Kier molecular flexibility index (Phi) is 6.56. The molecule has 0 unspecified atom stereocenters. The van der Waals surface area contributed by atoms with Crippen LogP contribution in [-0.4, -0.2) is 61.0 Å². The molecule has 4 nitrogen and oxygen atoms in total. The molecule has 0 saturated carbocycles. The maximum atomic E-state index is 12.8. The van der Waals surface area contributed by atoms with E-state index in [1.54, 1.807) is 19.9 Å². The van der Waals surface area contributed by atoms with E-state index in [1.807, 2.05) is 4.90 Å². The molecule has 0 radical (unpaired) electrons. The molecule has 0 aromatic heterocycles. The quantitative estimate of drug-likeness (QED) is 0.781. The lowest BCUT2D eigenvalue weighted by Crippen LogP contribution is -2.49. The highest BCUT2D eigenvalue weighted by Crippen LogP contribution is 2.31. The van der Waals surface area contributed by atoms with E-state index >= 15 is 0 Å². The van der Waals surface area contributed by atoms with Gasteiger partial charge in [-0.25, -0.2) is 0 Å². The van der Waals surface area contributed by atoms with Crippen molar-refractivity contribution in [3.63, 3.8) is 0 Å². The van der Waals surface area contributed by atoms with Crippen molar-refractivity contribution >= 4 is 5.69 Å². The Balaban J connectivity index is 1.83. The highest BCUT2D eigenvalue weighted by atomic mass is 19.4. The molecule has 1 heterocycles. The third kappa shape index (κ3) is 5.90. The summed E-state index contributed by atoms with van der Waals surface area (Å²) in [5.41, 5.74) is -0.788. The molecule has 1 aromatic rings. The minimum Gasteiger partial charge on any atom is -0.389 e. The zero-order valence-corrected chi connectivity index (χ0v) is 15.1. The molecule has 0 amide bonds. The first-order chi connectivity index (χ1) is 12.1. The van der Waals surface area contributed by atoms with Gasteiger partial charge in [0.15, 0.2) is 0 Å². The maximum Gasteiger partial charge on any atom is 0.416 e. The molecule has 1 aliphatic heterocycles. The van der Waals surface area contributed by atoms with Gasteiger partial charge in [0.1, 0.15) is 5.60 Å². The summed E-state index contributed by atoms with van der Waals surface area (Å²) in [5, 5.41) is 10.1. The van der Waals surface area contributed by atoms with Crippen molar-refractivity contribution in [1.82, 2.24) is 4.90 Å². The van der Waals surface area contributed by atoms with Crippen LogP contribution in [0.15, 0.2) is 24.3 Å². The van der Waals surface area contributed by atoms with Gasteiger partial charge in [0.2, 0.25) is 0 Å². The van der Waals surface area contributed by atoms with Crippen LogP contribution in [0.2, 0.25) is 0 Å². The molecule has 0 aliphatic carbocycles. The standard InChI is InChI=1S/C19H25F3N2O2/c1-4-18(2,3)26-14-17(25)13-23-8-10-24(11-9-23)16-7-5-6-15(12-16)19(20,21)22/h1,5-7,12,17,25H,8-11,13-14H2,2-3H3/t17-/m1/s1. The van der Waals surface area contributed by atoms with Gasteiger partial charge < -0.3 is 14.7 Å². The second-order valence-electron chi connectivity index (χ2n) is 6.96. The van der Waals surface area contributed by atoms with Gasteiger partial charge in [0.25, 0.3) is 0 Å². The van der Waals surface area contributed by atoms with E-state index in [0.29, 0.717) is 38.4 Å². The molecule has 2 rings (SSSR count).